The number of nitrogens with two attached hydrogens (primary N) is 1. The van der Waals surface area contributed by atoms with Gasteiger partial charge in [0, 0.05) is 22.6 Å². The highest BCUT2D eigenvalue weighted by Gasteiger charge is 2.27. The van der Waals surface area contributed by atoms with E-state index in [0.29, 0.717) is 4.99 Å². The van der Waals surface area contributed by atoms with E-state index in [2.05, 4.69) is 23.3 Å². The molecule has 0 bridgehead atoms. The first-order valence-electron chi connectivity index (χ1n) is 6.97. The van der Waals surface area contributed by atoms with Gasteiger partial charge < -0.3 is 11.1 Å². The van der Waals surface area contributed by atoms with Crippen LogP contribution in [-0.4, -0.2) is 15.5 Å². The van der Waals surface area contributed by atoms with Gasteiger partial charge in [-0.1, -0.05) is 31.5 Å². The molecule has 2 rings (SSSR count). The lowest BCUT2D eigenvalue weighted by atomic mass is 9.83. The number of pyridine rings is 1. The molecule has 1 aromatic rings. The predicted octanol–water partition coefficient (Wildman–Crippen LogP) is 3.47. The van der Waals surface area contributed by atoms with Gasteiger partial charge in [-0.3, -0.25) is 4.98 Å². The molecular weight excluding hydrogens is 254 g/mol. The van der Waals surface area contributed by atoms with E-state index in [1.165, 1.54) is 32.1 Å². The predicted molar refractivity (Wildman–Crippen MR) is 84.7 cm³/mol. The molecule has 1 saturated carbocycles. The molecule has 0 radical (unpaired) electrons. The summed E-state index contributed by atoms with van der Waals surface area (Å²) >= 11 is 5.18. The normalized spacial score (nSPS) is 18.1. The molecule has 0 aliphatic heterocycles. The summed E-state index contributed by atoms with van der Waals surface area (Å²) in [7, 11) is 0. The number of hydrogen-bond donors (Lipinski definition) is 2. The van der Waals surface area contributed by atoms with Crippen LogP contribution in [0.1, 0.15) is 56.0 Å². The molecule has 3 nitrogen and oxygen atoms in total. The van der Waals surface area contributed by atoms with Gasteiger partial charge in [0.25, 0.3) is 0 Å². The van der Waals surface area contributed by atoms with Crippen LogP contribution in [0, 0.1) is 13.8 Å². The smallest absolute Gasteiger partial charge is 0.107 e. The van der Waals surface area contributed by atoms with Gasteiger partial charge in [-0.2, -0.15) is 0 Å². The number of aromatic nitrogens is 1. The lowest BCUT2D eigenvalue weighted by Gasteiger charge is -2.36. The number of rotatable bonds is 3. The standard InChI is InChI=1S/C15H23N3S/c1-10-9-12(13(14(16)19)11(2)17-10)18-15(3)7-5-4-6-8-15/h9H,4-8H2,1-3H3,(H2,16,19)(H,17,18). The molecule has 0 amide bonds. The summed E-state index contributed by atoms with van der Waals surface area (Å²) < 4.78 is 0. The number of nitrogens with one attached hydrogen (secondary N) is 1. The molecule has 104 valence electrons. The molecule has 0 atom stereocenters. The van der Waals surface area contributed by atoms with Crippen molar-refractivity contribution < 1.29 is 0 Å². The third kappa shape index (κ3) is 3.24. The monoisotopic (exact) mass is 277 g/mol. The first kappa shape index (κ1) is 14.3. The molecule has 0 unspecified atom stereocenters. The number of aryl methyl sites for hydroxylation is 2. The van der Waals surface area contributed by atoms with Crippen LogP contribution in [0.2, 0.25) is 0 Å². The average Bonchev–Trinajstić information content (AvgIpc) is 2.27. The van der Waals surface area contributed by atoms with Gasteiger partial charge in [-0.25, -0.2) is 0 Å². The van der Waals surface area contributed by atoms with E-state index in [1.807, 2.05) is 13.8 Å². The topological polar surface area (TPSA) is 50.9 Å². The third-order valence-corrected chi connectivity index (χ3v) is 4.17. The van der Waals surface area contributed by atoms with Crippen LogP contribution in [0.15, 0.2) is 6.07 Å². The van der Waals surface area contributed by atoms with Crippen LogP contribution in [0.3, 0.4) is 0 Å². The Labute approximate surface area is 121 Å². The molecule has 4 heteroatoms. The Morgan fingerprint density at radius 3 is 2.53 bits per heavy atom. The van der Waals surface area contributed by atoms with Crippen molar-refractivity contribution >= 4 is 22.9 Å². The van der Waals surface area contributed by atoms with Crippen molar-refractivity contribution in [1.29, 1.82) is 0 Å². The third-order valence-electron chi connectivity index (χ3n) is 3.97. The second-order valence-electron chi connectivity index (χ2n) is 5.88. The Kier molecular flexibility index (Phi) is 4.09. The summed E-state index contributed by atoms with van der Waals surface area (Å²) in [4.78, 5) is 4.89. The van der Waals surface area contributed by atoms with E-state index in [1.54, 1.807) is 0 Å². The Morgan fingerprint density at radius 2 is 1.95 bits per heavy atom. The lowest BCUT2D eigenvalue weighted by molar-refractivity contribution is 0.349. The Morgan fingerprint density at radius 1 is 1.32 bits per heavy atom. The minimum atomic E-state index is 0.151. The quantitative estimate of drug-likeness (QED) is 0.831. The summed E-state index contributed by atoms with van der Waals surface area (Å²) in [6.07, 6.45) is 6.31. The van der Waals surface area contributed by atoms with Gasteiger partial charge in [0.15, 0.2) is 0 Å². The van der Waals surface area contributed by atoms with Gasteiger partial charge in [-0.15, -0.1) is 0 Å². The molecule has 0 saturated heterocycles. The number of hydrogen-bond acceptors (Lipinski definition) is 3. The molecule has 1 fully saturated rings. The maximum Gasteiger partial charge on any atom is 0.107 e. The van der Waals surface area contributed by atoms with Crippen LogP contribution in [0.25, 0.3) is 0 Å². The SMILES string of the molecule is Cc1cc(NC2(C)CCCCC2)c(C(N)=S)c(C)n1. The molecule has 0 spiro atoms. The van der Waals surface area contributed by atoms with Crippen LogP contribution in [0.4, 0.5) is 5.69 Å². The van der Waals surface area contributed by atoms with E-state index < -0.39 is 0 Å². The molecule has 0 aromatic carbocycles. The van der Waals surface area contributed by atoms with Gasteiger partial charge in [0.1, 0.15) is 4.99 Å². The van der Waals surface area contributed by atoms with E-state index in [-0.39, 0.29) is 5.54 Å². The van der Waals surface area contributed by atoms with Crippen molar-refractivity contribution in [1.82, 2.24) is 4.98 Å². The second-order valence-corrected chi connectivity index (χ2v) is 6.32. The molecular formula is C15H23N3S. The van der Waals surface area contributed by atoms with Crippen molar-refractivity contribution in [2.24, 2.45) is 5.73 Å². The highest BCUT2D eigenvalue weighted by Crippen LogP contribution is 2.33. The van der Waals surface area contributed by atoms with Crippen LogP contribution in [-0.2, 0) is 0 Å². The minimum Gasteiger partial charge on any atom is -0.389 e. The van der Waals surface area contributed by atoms with Gasteiger partial charge in [0.2, 0.25) is 0 Å². The van der Waals surface area contributed by atoms with Gasteiger partial charge in [0.05, 0.1) is 5.56 Å². The maximum atomic E-state index is 5.87. The summed E-state index contributed by atoms with van der Waals surface area (Å²) in [5.74, 6) is 0. The fourth-order valence-electron chi connectivity index (χ4n) is 3.02. The van der Waals surface area contributed by atoms with Crippen LogP contribution >= 0.6 is 12.2 Å². The fraction of sp³-hybridized carbons (Fsp3) is 0.600. The van der Waals surface area contributed by atoms with Crippen molar-refractivity contribution in [2.45, 2.75) is 58.4 Å². The zero-order valence-corrected chi connectivity index (χ0v) is 12.9. The highest BCUT2D eigenvalue weighted by molar-refractivity contribution is 7.80. The average molecular weight is 277 g/mol. The zero-order chi connectivity index (χ0) is 14.0. The highest BCUT2D eigenvalue weighted by atomic mass is 32.1. The van der Waals surface area contributed by atoms with Crippen molar-refractivity contribution in [3.8, 4) is 0 Å². The summed E-state index contributed by atoms with van der Waals surface area (Å²) in [6.45, 7) is 6.27. The molecule has 1 aliphatic rings. The van der Waals surface area contributed by atoms with E-state index >= 15 is 0 Å². The molecule has 1 heterocycles. The molecule has 19 heavy (non-hydrogen) atoms. The summed E-state index contributed by atoms with van der Waals surface area (Å²) in [5, 5.41) is 3.68. The number of nitrogens with zero attached hydrogens (tertiary/aromatic N) is 1. The minimum absolute atomic E-state index is 0.151. The fourth-order valence-corrected chi connectivity index (χ4v) is 3.28. The molecule has 1 aliphatic carbocycles. The maximum absolute atomic E-state index is 5.87. The van der Waals surface area contributed by atoms with Gasteiger partial charge >= 0.3 is 0 Å². The lowest BCUT2D eigenvalue weighted by Crippen LogP contribution is -2.37. The van der Waals surface area contributed by atoms with Crippen molar-refractivity contribution in [2.75, 3.05) is 5.32 Å². The molecule has 3 N–H and O–H groups in total. The van der Waals surface area contributed by atoms with Crippen molar-refractivity contribution in [3.05, 3.63) is 23.0 Å². The first-order chi connectivity index (χ1) is 8.91. The van der Waals surface area contributed by atoms with Crippen LogP contribution in [0.5, 0.6) is 0 Å². The van der Waals surface area contributed by atoms with Crippen LogP contribution < -0.4 is 11.1 Å². The largest absolute Gasteiger partial charge is 0.389 e. The number of anilines is 1. The van der Waals surface area contributed by atoms with Gasteiger partial charge in [-0.05, 0) is 39.7 Å². The Bertz CT molecular complexity index is 490. The first-order valence-corrected chi connectivity index (χ1v) is 7.38. The molecule has 1 aromatic heterocycles. The van der Waals surface area contributed by atoms with E-state index in [9.17, 15) is 0 Å². The van der Waals surface area contributed by atoms with E-state index in [0.717, 1.165) is 22.6 Å². The number of thiocarbonyl (C=S) groups is 1. The zero-order valence-electron chi connectivity index (χ0n) is 12.0. The summed E-state index contributed by atoms with van der Waals surface area (Å²) in [5.41, 5.74) is 9.87. The summed E-state index contributed by atoms with van der Waals surface area (Å²) in [6, 6.07) is 2.06. The van der Waals surface area contributed by atoms with Crippen molar-refractivity contribution in [3.63, 3.8) is 0 Å². The second kappa shape index (κ2) is 5.45. The Hall–Kier alpha value is -1.16. The Balaban J connectivity index is 2.35. The van der Waals surface area contributed by atoms with E-state index in [4.69, 9.17) is 18.0 Å².